The van der Waals surface area contributed by atoms with Crippen molar-refractivity contribution in [2.24, 2.45) is 5.41 Å². The fraction of sp³-hybridized carbons (Fsp3) is 0.316. The molecule has 1 aromatic carbocycles. The number of ether oxygens (including phenoxy) is 1. The maximum atomic E-state index is 11.4. The summed E-state index contributed by atoms with van der Waals surface area (Å²) in [6.07, 6.45) is 5.61. The Morgan fingerprint density at radius 3 is 2.36 bits per heavy atom. The third kappa shape index (κ3) is 5.24. The van der Waals surface area contributed by atoms with Gasteiger partial charge in [0.2, 0.25) is 0 Å². The summed E-state index contributed by atoms with van der Waals surface area (Å²) in [6.45, 7) is 13.3. The van der Waals surface area contributed by atoms with Crippen molar-refractivity contribution in [3.8, 4) is 11.5 Å². The van der Waals surface area contributed by atoms with Crippen LogP contribution < -0.4 is 4.74 Å². The molecule has 0 aromatic heterocycles. The summed E-state index contributed by atoms with van der Waals surface area (Å²) in [7, 11) is 0. The Balaban J connectivity index is 3.08. The average molecular weight is 300 g/mol. The van der Waals surface area contributed by atoms with Crippen molar-refractivity contribution in [1.82, 2.24) is 0 Å². The summed E-state index contributed by atoms with van der Waals surface area (Å²) >= 11 is 0. The summed E-state index contributed by atoms with van der Waals surface area (Å²) in [6, 6.07) is 4.53. The Morgan fingerprint density at radius 1 is 1.23 bits per heavy atom. The van der Waals surface area contributed by atoms with Crippen LogP contribution in [0.4, 0.5) is 0 Å². The van der Waals surface area contributed by atoms with Crippen LogP contribution in [-0.2, 0) is 0 Å². The number of benzene rings is 1. The first-order chi connectivity index (χ1) is 10.1. The van der Waals surface area contributed by atoms with Gasteiger partial charge in [-0.25, -0.2) is 0 Å². The molecule has 1 N–H and O–H groups in total. The molecule has 0 unspecified atom stereocenters. The van der Waals surface area contributed by atoms with Crippen molar-refractivity contribution in [1.29, 1.82) is 0 Å². The summed E-state index contributed by atoms with van der Waals surface area (Å²) in [5, 5.41) is 9.67. The van der Waals surface area contributed by atoms with Gasteiger partial charge in [0.05, 0.1) is 0 Å². The Hall–Kier alpha value is -2.29. The van der Waals surface area contributed by atoms with Gasteiger partial charge in [0.25, 0.3) is 0 Å². The molecular weight excluding hydrogens is 276 g/mol. The summed E-state index contributed by atoms with van der Waals surface area (Å²) in [5.74, 6) is 0.992. The van der Waals surface area contributed by atoms with Gasteiger partial charge in [0.15, 0.2) is 5.78 Å². The summed E-state index contributed by atoms with van der Waals surface area (Å²) in [4.78, 5) is 11.4. The number of aromatic hydroxyl groups is 1. The largest absolute Gasteiger partial charge is 0.508 e. The molecule has 0 bridgehead atoms. The number of allylic oxidation sites excluding steroid dienone is 5. The van der Waals surface area contributed by atoms with Crippen molar-refractivity contribution in [3.63, 3.8) is 0 Å². The first kappa shape index (κ1) is 17.8. The Kier molecular flexibility index (Phi) is 5.75. The minimum Gasteiger partial charge on any atom is -0.508 e. The van der Waals surface area contributed by atoms with Gasteiger partial charge in [-0.2, -0.15) is 0 Å². The molecule has 0 radical (unpaired) electrons. The van der Waals surface area contributed by atoms with E-state index in [0.29, 0.717) is 17.1 Å². The van der Waals surface area contributed by atoms with Gasteiger partial charge in [-0.1, -0.05) is 39.5 Å². The number of carbonyl (C=O) groups excluding carboxylic acids is 1. The molecule has 0 atom stereocenters. The lowest BCUT2D eigenvalue weighted by atomic mass is 9.86. The van der Waals surface area contributed by atoms with Crippen LogP contribution in [0, 0.1) is 5.41 Å². The molecule has 0 spiro atoms. The van der Waals surface area contributed by atoms with E-state index in [2.05, 4.69) is 27.4 Å². The topological polar surface area (TPSA) is 46.5 Å². The van der Waals surface area contributed by atoms with Crippen LogP contribution in [0.3, 0.4) is 0 Å². The van der Waals surface area contributed by atoms with Gasteiger partial charge in [-0.3, -0.25) is 4.79 Å². The van der Waals surface area contributed by atoms with Crippen LogP contribution in [0.25, 0.3) is 0 Å². The van der Waals surface area contributed by atoms with E-state index in [1.807, 2.05) is 19.1 Å². The Bertz CT molecular complexity index is 629. The second kappa shape index (κ2) is 7.12. The van der Waals surface area contributed by atoms with Crippen molar-refractivity contribution in [3.05, 3.63) is 59.9 Å². The van der Waals surface area contributed by atoms with Crippen LogP contribution in [0.2, 0.25) is 0 Å². The average Bonchev–Trinajstić information content (AvgIpc) is 2.36. The third-order valence-corrected chi connectivity index (χ3v) is 3.10. The Morgan fingerprint density at radius 2 is 1.86 bits per heavy atom. The van der Waals surface area contributed by atoms with Crippen molar-refractivity contribution < 1.29 is 14.6 Å². The van der Waals surface area contributed by atoms with Gasteiger partial charge in [-0.15, -0.1) is 0 Å². The first-order valence-electron chi connectivity index (χ1n) is 7.18. The van der Waals surface area contributed by atoms with Crippen LogP contribution >= 0.6 is 0 Å². The van der Waals surface area contributed by atoms with Gasteiger partial charge < -0.3 is 9.84 Å². The normalized spacial score (nSPS) is 13.0. The fourth-order valence-corrected chi connectivity index (χ4v) is 1.92. The minimum atomic E-state index is -0.121. The number of Topliss-reactive ketones (excluding diaryl/α,β-unsaturated/α-hetero) is 1. The highest BCUT2D eigenvalue weighted by Crippen LogP contribution is 2.29. The van der Waals surface area contributed by atoms with Gasteiger partial charge in [0.1, 0.15) is 17.3 Å². The van der Waals surface area contributed by atoms with Gasteiger partial charge in [0, 0.05) is 11.6 Å². The van der Waals surface area contributed by atoms with Gasteiger partial charge >= 0.3 is 0 Å². The molecule has 0 fully saturated rings. The number of hydrogen-bond donors (Lipinski definition) is 1. The van der Waals surface area contributed by atoms with E-state index in [4.69, 9.17) is 4.74 Å². The molecule has 0 aliphatic rings. The zero-order chi connectivity index (χ0) is 16.9. The molecule has 3 heteroatoms. The monoisotopic (exact) mass is 300 g/mol. The predicted octanol–water partition coefficient (Wildman–Crippen LogP) is 5.04. The molecule has 0 heterocycles. The number of carbonyl (C=O) groups is 1. The van der Waals surface area contributed by atoms with E-state index in [1.54, 1.807) is 12.1 Å². The second-order valence-electron chi connectivity index (χ2n) is 6.24. The number of ketones is 1. The van der Waals surface area contributed by atoms with E-state index in [9.17, 15) is 9.90 Å². The highest BCUT2D eigenvalue weighted by Gasteiger charge is 2.15. The van der Waals surface area contributed by atoms with E-state index >= 15 is 0 Å². The molecule has 3 nitrogen and oxygen atoms in total. The van der Waals surface area contributed by atoms with E-state index in [1.165, 1.54) is 19.1 Å². The van der Waals surface area contributed by atoms with E-state index in [-0.39, 0.29) is 16.9 Å². The smallest absolute Gasteiger partial charge is 0.160 e. The first-order valence-corrected chi connectivity index (χ1v) is 7.18. The number of phenols is 1. The quantitative estimate of drug-likeness (QED) is 0.471. The van der Waals surface area contributed by atoms with Gasteiger partial charge in [-0.05, 0) is 43.0 Å². The standard InChI is InChI=1S/C19H24O3/c1-7-8-16(19(4,5)6)9-13(2)22-18-11-15(14(3)20)10-17(21)12-18/h7-12,21H,1H2,2-6H3/b13-9+,16-8+. The molecule has 22 heavy (non-hydrogen) atoms. The lowest BCUT2D eigenvalue weighted by molar-refractivity contribution is 0.101. The fourth-order valence-electron chi connectivity index (χ4n) is 1.92. The molecule has 1 rings (SSSR count). The van der Waals surface area contributed by atoms with Crippen molar-refractivity contribution in [2.45, 2.75) is 34.6 Å². The zero-order valence-corrected chi connectivity index (χ0v) is 13.9. The molecule has 118 valence electrons. The molecule has 0 amide bonds. The summed E-state index contributed by atoms with van der Waals surface area (Å²) < 4.78 is 5.73. The van der Waals surface area contributed by atoms with Crippen LogP contribution in [-0.4, -0.2) is 10.9 Å². The lowest BCUT2D eigenvalue weighted by Gasteiger charge is -2.21. The van der Waals surface area contributed by atoms with Crippen LogP contribution in [0.5, 0.6) is 11.5 Å². The maximum Gasteiger partial charge on any atom is 0.160 e. The third-order valence-electron chi connectivity index (χ3n) is 3.10. The number of hydrogen-bond acceptors (Lipinski definition) is 3. The highest BCUT2D eigenvalue weighted by atomic mass is 16.5. The second-order valence-corrected chi connectivity index (χ2v) is 6.24. The van der Waals surface area contributed by atoms with Crippen LogP contribution in [0.15, 0.2) is 54.3 Å². The highest BCUT2D eigenvalue weighted by molar-refractivity contribution is 5.94. The molecule has 0 saturated carbocycles. The van der Waals surface area contributed by atoms with E-state index < -0.39 is 0 Å². The Labute approximate surface area is 132 Å². The SMILES string of the molecule is C=C/C=C(\C=C(/C)Oc1cc(O)cc(C(C)=O)c1)C(C)(C)C. The predicted molar refractivity (Wildman–Crippen MR) is 90.2 cm³/mol. The molecule has 0 aliphatic heterocycles. The van der Waals surface area contributed by atoms with Crippen molar-refractivity contribution >= 4 is 5.78 Å². The van der Waals surface area contributed by atoms with E-state index in [0.717, 1.165) is 5.57 Å². The molecular formula is C19H24O3. The maximum absolute atomic E-state index is 11.4. The summed E-state index contributed by atoms with van der Waals surface area (Å²) in [5.41, 5.74) is 1.45. The van der Waals surface area contributed by atoms with Crippen molar-refractivity contribution in [2.75, 3.05) is 0 Å². The minimum absolute atomic E-state index is 0.00757. The van der Waals surface area contributed by atoms with Crippen LogP contribution in [0.1, 0.15) is 45.0 Å². The molecule has 1 aromatic rings. The zero-order valence-electron chi connectivity index (χ0n) is 13.9. The number of rotatable bonds is 5. The number of phenolic OH excluding ortho intramolecular Hbond substituents is 1. The molecule has 0 saturated heterocycles. The lowest BCUT2D eigenvalue weighted by Crippen LogP contribution is -2.08. The molecule has 0 aliphatic carbocycles.